The Hall–Kier alpha value is -0.980. The lowest BCUT2D eigenvalue weighted by molar-refractivity contribution is 0.184. The Morgan fingerprint density at radius 3 is 2.71 bits per heavy atom. The molecule has 0 amide bonds. The highest BCUT2D eigenvalue weighted by Gasteiger charge is 2.41. The van der Waals surface area contributed by atoms with Crippen LogP contribution in [0.15, 0.2) is 23.2 Å². The maximum Gasteiger partial charge on any atom is 0.205 e. The molecule has 1 saturated carbocycles. The number of hydrogen-bond acceptors (Lipinski definition) is 4. The van der Waals surface area contributed by atoms with E-state index in [1.54, 1.807) is 12.1 Å². The summed E-state index contributed by atoms with van der Waals surface area (Å²) in [5.74, 6) is 1.27. The summed E-state index contributed by atoms with van der Waals surface area (Å²) in [5, 5.41) is 9.54. The second-order valence-corrected chi connectivity index (χ2v) is 7.28. The van der Waals surface area contributed by atoms with Gasteiger partial charge in [0, 0.05) is 19.7 Å². The predicted octanol–water partition coefficient (Wildman–Crippen LogP) is 2.04. The minimum atomic E-state index is -2.02. The van der Waals surface area contributed by atoms with E-state index in [0.717, 1.165) is 44.6 Å². The van der Waals surface area contributed by atoms with Gasteiger partial charge in [-0.05, 0) is 55.6 Å². The molecule has 1 aliphatic carbocycles. The topological polar surface area (TPSA) is 73.7 Å². The average molecular weight is 310 g/mol. The van der Waals surface area contributed by atoms with Crippen molar-refractivity contribution in [3.05, 3.63) is 18.2 Å². The average Bonchev–Trinajstić information content (AvgIpc) is 2.91. The molecule has 3 rings (SSSR count). The van der Waals surface area contributed by atoms with Crippen molar-refractivity contribution >= 4 is 16.9 Å². The van der Waals surface area contributed by atoms with Crippen LogP contribution in [0.3, 0.4) is 0 Å². The molecule has 2 unspecified atom stereocenters. The Kier molecular flexibility index (Phi) is 4.28. The van der Waals surface area contributed by atoms with Crippen molar-refractivity contribution in [1.29, 1.82) is 0 Å². The third-order valence-electron chi connectivity index (χ3n) is 5.10. The summed E-state index contributed by atoms with van der Waals surface area (Å²) in [6, 6.07) is 5.26. The first kappa shape index (κ1) is 14.9. The van der Waals surface area contributed by atoms with Crippen LogP contribution in [0, 0.1) is 11.3 Å². The van der Waals surface area contributed by atoms with Crippen molar-refractivity contribution in [3.8, 4) is 0 Å². The molecule has 0 aromatic carbocycles. The van der Waals surface area contributed by atoms with Crippen molar-refractivity contribution in [3.63, 3.8) is 0 Å². The molecule has 2 aliphatic rings. The molecule has 1 saturated heterocycles. The van der Waals surface area contributed by atoms with Gasteiger partial charge in [-0.15, -0.1) is 0 Å². The SMILES string of the molecule is O=S(O)c1cccc(N2CCC3(CCC(CO)C3)CC2)n1. The largest absolute Gasteiger partial charge is 0.396 e. The second kappa shape index (κ2) is 6.02. The predicted molar refractivity (Wildman–Crippen MR) is 81.6 cm³/mol. The van der Waals surface area contributed by atoms with Crippen molar-refractivity contribution in [2.45, 2.75) is 37.1 Å². The highest BCUT2D eigenvalue weighted by molar-refractivity contribution is 7.79. The molecule has 0 bridgehead atoms. The van der Waals surface area contributed by atoms with Gasteiger partial charge in [-0.25, -0.2) is 9.19 Å². The van der Waals surface area contributed by atoms with Gasteiger partial charge in [0.15, 0.2) is 5.03 Å². The summed E-state index contributed by atoms with van der Waals surface area (Å²) >= 11 is -2.02. The molecule has 2 fully saturated rings. The van der Waals surface area contributed by atoms with Crippen molar-refractivity contribution in [2.24, 2.45) is 11.3 Å². The Morgan fingerprint density at radius 1 is 1.33 bits per heavy atom. The summed E-state index contributed by atoms with van der Waals surface area (Å²) < 4.78 is 20.3. The van der Waals surface area contributed by atoms with E-state index in [0.29, 0.717) is 17.9 Å². The van der Waals surface area contributed by atoms with Gasteiger partial charge in [-0.1, -0.05) is 6.07 Å². The van der Waals surface area contributed by atoms with Crippen LogP contribution in [0.1, 0.15) is 32.1 Å². The molecule has 1 aromatic heterocycles. The van der Waals surface area contributed by atoms with Gasteiger partial charge in [0.25, 0.3) is 0 Å². The number of aliphatic hydroxyl groups excluding tert-OH is 1. The summed E-state index contributed by atoms with van der Waals surface area (Å²) in [6.45, 7) is 2.19. The number of pyridine rings is 1. The standard InChI is InChI=1S/C15H22N2O3S/c18-11-12-4-5-15(10-12)6-8-17(9-7-15)13-2-1-3-14(16-13)21(19)20/h1-3,12,18H,4-11H2,(H,19,20). The molecule has 0 radical (unpaired) electrons. The molecule has 2 N–H and O–H groups in total. The first-order valence-corrected chi connectivity index (χ1v) is 8.66. The molecule has 1 aliphatic heterocycles. The summed E-state index contributed by atoms with van der Waals surface area (Å²) in [6.07, 6.45) is 5.76. The van der Waals surface area contributed by atoms with E-state index >= 15 is 0 Å². The maximum atomic E-state index is 11.1. The molecular weight excluding hydrogens is 288 g/mol. The van der Waals surface area contributed by atoms with Gasteiger partial charge in [0.2, 0.25) is 11.1 Å². The fraction of sp³-hybridized carbons (Fsp3) is 0.667. The number of anilines is 1. The van der Waals surface area contributed by atoms with E-state index in [2.05, 4.69) is 9.88 Å². The Labute approximate surface area is 127 Å². The van der Waals surface area contributed by atoms with Crippen LogP contribution in [0.4, 0.5) is 5.82 Å². The first-order chi connectivity index (χ1) is 10.1. The fourth-order valence-corrected chi connectivity index (χ4v) is 4.19. The van der Waals surface area contributed by atoms with Crippen LogP contribution < -0.4 is 4.90 Å². The van der Waals surface area contributed by atoms with Crippen LogP contribution in [0.25, 0.3) is 0 Å². The second-order valence-electron chi connectivity index (χ2n) is 6.36. The molecule has 2 heterocycles. The molecule has 1 spiro atoms. The zero-order valence-electron chi connectivity index (χ0n) is 12.1. The van der Waals surface area contributed by atoms with Crippen LogP contribution in [-0.2, 0) is 11.1 Å². The number of piperidine rings is 1. The monoisotopic (exact) mass is 310 g/mol. The van der Waals surface area contributed by atoms with Crippen LogP contribution in [0.2, 0.25) is 0 Å². The van der Waals surface area contributed by atoms with Crippen molar-refractivity contribution in [2.75, 3.05) is 24.6 Å². The van der Waals surface area contributed by atoms with E-state index in [1.807, 2.05) is 6.07 Å². The normalized spacial score (nSPS) is 26.2. The fourth-order valence-electron chi connectivity index (χ4n) is 3.82. The van der Waals surface area contributed by atoms with Crippen LogP contribution >= 0.6 is 0 Å². The van der Waals surface area contributed by atoms with E-state index in [9.17, 15) is 9.32 Å². The van der Waals surface area contributed by atoms with Crippen LogP contribution in [0.5, 0.6) is 0 Å². The van der Waals surface area contributed by atoms with Gasteiger partial charge < -0.3 is 14.6 Å². The zero-order chi connectivity index (χ0) is 14.9. The summed E-state index contributed by atoms with van der Waals surface area (Å²) in [4.78, 5) is 6.48. The Morgan fingerprint density at radius 2 is 2.10 bits per heavy atom. The quantitative estimate of drug-likeness (QED) is 0.836. The highest BCUT2D eigenvalue weighted by Crippen LogP contribution is 2.49. The molecular formula is C15H22N2O3S. The van der Waals surface area contributed by atoms with E-state index < -0.39 is 11.1 Å². The van der Waals surface area contributed by atoms with Crippen molar-refractivity contribution in [1.82, 2.24) is 4.98 Å². The minimum Gasteiger partial charge on any atom is -0.396 e. The number of rotatable bonds is 3. The van der Waals surface area contributed by atoms with Gasteiger partial charge >= 0.3 is 0 Å². The third-order valence-corrected chi connectivity index (χ3v) is 5.68. The number of aliphatic hydroxyl groups is 1. The lowest BCUT2D eigenvalue weighted by Crippen LogP contribution is -2.39. The lowest BCUT2D eigenvalue weighted by atomic mass is 9.76. The van der Waals surface area contributed by atoms with E-state index in [4.69, 9.17) is 4.55 Å². The Bertz CT molecular complexity index is 529. The highest BCUT2D eigenvalue weighted by atomic mass is 32.2. The number of aromatic nitrogens is 1. The maximum absolute atomic E-state index is 11.1. The number of hydrogen-bond donors (Lipinski definition) is 2. The lowest BCUT2D eigenvalue weighted by Gasteiger charge is -2.40. The molecule has 2 atom stereocenters. The van der Waals surface area contributed by atoms with Crippen LogP contribution in [-0.4, -0.2) is 38.5 Å². The minimum absolute atomic E-state index is 0.217. The van der Waals surface area contributed by atoms with Gasteiger partial charge in [-0.2, -0.15) is 0 Å². The first-order valence-electron chi connectivity index (χ1n) is 7.56. The molecule has 6 heteroatoms. The molecule has 116 valence electrons. The number of nitrogens with zero attached hydrogens (tertiary/aromatic N) is 2. The Balaban J connectivity index is 1.66. The molecule has 1 aromatic rings. The van der Waals surface area contributed by atoms with Gasteiger partial charge in [0.05, 0.1) is 0 Å². The zero-order valence-corrected chi connectivity index (χ0v) is 12.9. The van der Waals surface area contributed by atoms with Gasteiger partial charge in [0.1, 0.15) is 5.82 Å². The summed E-state index contributed by atoms with van der Waals surface area (Å²) in [5.41, 5.74) is 0.404. The van der Waals surface area contributed by atoms with Gasteiger partial charge in [-0.3, -0.25) is 0 Å². The van der Waals surface area contributed by atoms with E-state index in [1.165, 1.54) is 6.42 Å². The van der Waals surface area contributed by atoms with Crippen molar-refractivity contribution < 1.29 is 13.9 Å². The third kappa shape index (κ3) is 3.12. The smallest absolute Gasteiger partial charge is 0.205 e. The summed E-state index contributed by atoms with van der Waals surface area (Å²) in [7, 11) is 0. The molecule has 21 heavy (non-hydrogen) atoms. The molecule has 5 nitrogen and oxygen atoms in total. The van der Waals surface area contributed by atoms with E-state index in [-0.39, 0.29) is 5.03 Å².